The predicted octanol–water partition coefficient (Wildman–Crippen LogP) is 6.84. The van der Waals surface area contributed by atoms with Crippen molar-refractivity contribution in [1.29, 1.82) is 0 Å². The number of hydrogen-bond acceptors (Lipinski definition) is 5. The van der Waals surface area contributed by atoms with Crippen LogP contribution in [-0.4, -0.2) is 30.1 Å². The Morgan fingerprint density at radius 1 is 0.947 bits per heavy atom. The zero-order chi connectivity index (χ0) is 25.8. The molecular formula is C29H21F2N7. The highest BCUT2D eigenvalue weighted by Gasteiger charge is 2.25. The molecule has 1 aliphatic rings. The maximum absolute atomic E-state index is 16.0. The number of nitrogens with one attached hydrogen (secondary N) is 3. The van der Waals surface area contributed by atoms with E-state index in [-0.39, 0.29) is 16.9 Å². The van der Waals surface area contributed by atoms with Crippen LogP contribution in [0.25, 0.3) is 55.8 Å². The van der Waals surface area contributed by atoms with Crippen LogP contribution in [0, 0.1) is 17.6 Å². The summed E-state index contributed by atoms with van der Waals surface area (Å²) >= 11 is 0. The largest absolute Gasteiger partial charge is 0.358 e. The Balaban J connectivity index is 1.32. The molecule has 38 heavy (non-hydrogen) atoms. The van der Waals surface area contributed by atoms with E-state index in [0.717, 1.165) is 35.3 Å². The first kappa shape index (κ1) is 22.3. The van der Waals surface area contributed by atoms with Crippen molar-refractivity contribution in [1.82, 2.24) is 30.1 Å². The number of fused-ring (bicyclic) bond motifs is 2. The summed E-state index contributed by atoms with van der Waals surface area (Å²) in [5.41, 5.74) is 5.95. The van der Waals surface area contributed by atoms with Crippen LogP contribution >= 0.6 is 0 Å². The first-order valence-corrected chi connectivity index (χ1v) is 12.2. The van der Waals surface area contributed by atoms with Gasteiger partial charge in [0.2, 0.25) is 0 Å². The number of aromatic nitrogens is 6. The number of rotatable bonds is 6. The quantitative estimate of drug-likeness (QED) is 0.230. The summed E-state index contributed by atoms with van der Waals surface area (Å²) in [6, 6.07) is 13.8. The van der Waals surface area contributed by atoms with Gasteiger partial charge in [0.05, 0.1) is 40.0 Å². The molecule has 0 aliphatic heterocycles. The molecular weight excluding hydrogens is 484 g/mol. The molecule has 4 heterocycles. The van der Waals surface area contributed by atoms with Gasteiger partial charge < -0.3 is 10.3 Å². The molecule has 7 nitrogen and oxygen atoms in total. The molecule has 9 heteroatoms. The van der Waals surface area contributed by atoms with Gasteiger partial charge in [-0.25, -0.2) is 13.8 Å². The van der Waals surface area contributed by atoms with Gasteiger partial charge in [-0.1, -0.05) is 30.8 Å². The molecule has 3 N–H and O–H groups in total. The first-order valence-electron chi connectivity index (χ1n) is 12.2. The Morgan fingerprint density at radius 2 is 1.82 bits per heavy atom. The Morgan fingerprint density at radius 3 is 2.66 bits per heavy atom. The Bertz CT molecular complexity index is 1870. The molecule has 0 radical (unpaired) electrons. The van der Waals surface area contributed by atoms with Crippen LogP contribution in [0.1, 0.15) is 12.8 Å². The molecule has 186 valence electrons. The summed E-state index contributed by atoms with van der Waals surface area (Å²) in [4.78, 5) is 16.6. The highest BCUT2D eigenvalue weighted by atomic mass is 19.1. The van der Waals surface area contributed by atoms with Crippen LogP contribution in [0.4, 0.5) is 14.5 Å². The van der Waals surface area contributed by atoms with Crippen LogP contribution < -0.4 is 5.32 Å². The lowest BCUT2D eigenvalue weighted by Crippen LogP contribution is -2.01. The lowest BCUT2D eigenvalue weighted by atomic mass is 10.0. The van der Waals surface area contributed by atoms with E-state index in [4.69, 9.17) is 4.98 Å². The van der Waals surface area contributed by atoms with E-state index in [2.05, 4.69) is 37.0 Å². The number of aromatic amines is 2. The molecule has 0 atom stereocenters. The lowest BCUT2D eigenvalue weighted by Gasteiger charge is -2.10. The molecule has 4 aromatic heterocycles. The summed E-state index contributed by atoms with van der Waals surface area (Å²) < 4.78 is 29.9. The second-order valence-electron chi connectivity index (χ2n) is 9.47. The maximum atomic E-state index is 16.0. The number of para-hydroxylation sites is 1. The third-order valence-electron chi connectivity index (χ3n) is 6.80. The number of allylic oxidation sites excluding steroid dienone is 1. The number of benzene rings is 2. The van der Waals surface area contributed by atoms with Gasteiger partial charge in [-0.3, -0.25) is 15.1 Å². The highest BCUT2D eigenvalue weighted by Crippen LogP contribution is 2.37. The monoisotopic (exact) mass is 505 g/mol. The summed E-state index contributed by atoms with van der Waals surface area (Å²) in [5, 5.41) is 10.8. The van der Waals surface area contributed by atoms with E-state index >= 15 is 4.39 Å². The fourth-order valence-electron chi connectivity index (χ4n) is 4.74. The van der Waals surface area contributed by atoms with Crippen LogP contribution in [0.2, 0.25) is 0 Å². The van der Waals surface area contributed by atoms with Crippen LogP contribution in [-0.2, 0) is 0 Å². The molecule has 0 unspecified atom stereocenters. The van der Waals surface area contributed by atoms with Crippen molar-refractivity contribution in [2.45, 2.75) is 12.8 Å². The van der Waals surface area contributed by atoms with E-state index in [0.29, 0.717) is 39.6 Å². The molecule has 1 aliphatic carbocycles. The Kier molecular flexibility index (Phi) is 5.04. The van der Waals surface area contributed by atoms with Gasteiger partial charge in [-0.15, -0.1) is 0 Å². The van der Waals surface area contributed by atoms with E-state index in [1.54, 1.807) is 24.7 Å². The third-order valence-corrected chi connectivity index (χ3v) is 6.80. The highest BCUT2D eigenvalue weighted by molar-refractivity contribution is 5.98. The first-order chi connectivity index (χ1) is 18.5. The van der Waals surface area contributed by atoms with Gasteiger partial charge in [-0.05, 0) is 48.6 Å². The van der Waals surface area contributed by atoms with E-state index in [9.17, 15) is 4.39 Å². The Labute approximate surface area is 215 Å². The number of hydrogen-bond donors (Lipinski definition) is 3. The van der Waals surface area contributed by atoms with Crippen molar-refractivity contribution in [2.24, 2.45) is 5.92 Å². The average Bonchev–Trinajstić information content (AvgIpc) is 3.54. The number of pyridine rings is 2. The Hall–Kier alpha value is -4.92. The fourth-order valence-corrected chi connectivity index (χ4v) is 4.74. The molecule has 0 bridgehead atoms. The minimum absolute atomic E-state index is 0.157. The summed E-state index contributed by atoms with van der Waals surface area (Å²) in [7, 11) is 0. The van der Waals surface area contributed by atoms with Gasteiger partial charge in [0.25, 0.3) is 0 Å². The normalized spacial score (nSPS) is 13.3. The summed E-state index contributed by atoms with van der Waals surface area (Å²) in [6.45, 7) is 4.09. The fraction of sp³-hybridized carbons (Fsp3) is 0.103. The lowest BCUT2D eigenvalue weighted by molar-refractivity contribution is 0.628. The molecule has 0 amide bonds. The van der Waals surface area contributed by atoms with Crippen molar-refractivity contribution >= 4 is 27.6 Å². The van der Waals surface area contributed by atoms with Crippen molar-refractivity contribution in [3.8, 4) is 33.9 Å². The SMILES string of the molecule is C=C(Nc1cncc(-c2ncc3[nH]nc(-c4nc5c(-c6cccc(F)c6)cccc5[nH]4)c3c2F)c1)C1CC1. The van der Waals surface area contributed by atoms with Gasteiger partial charge in [0, 0.05) is 23.0 Å². The summed E-state index contributed by atoms with van der Waals surface area (Å²) in [5.74, 6) is 0.00215. The van der Waals surface area contributed by atoms with E-state index in [1.807, 2.05) is 30.3 Å². The van der Waals surface area contributed by atoms with Crippen LogP contribution in [0.5, 0.6) is 0 Å². The summed E-state index contributed by atoms with van der Waals surface area (Å²) in [6.07, 6.45) is 7.06. The molecule has 0 saturated heterocycles. The third kappa shape index (κ3) is 3.80. The van der Waals surface area contributed by atoms with E-state index < -0.39 is 5.82 Å². The average molecular weight is 506 g/mol. The van der Waals surface area contributed by atoms with Gasteiger partial charge in [-0.2, -0.15) is 5.10 Å². The van der Waals surface area contributed by atoms with Crippen LogP contribution in [0.15, 0.2) is 79.4 Å². The zero-order valence-electron chi connectivity index (χ0n) is 20.1. The topological polar surface area (TPSA) is 95.2 Å². The molecule has 1 saturated carbocycles. The molecule has 0 spiro atoms. The number of H-pyrrole nitrogens is 2. The number of anilines is 1. The van der Waals surface area contributed by atoms with Crippen molar-refractivity contribution in [2.75, 3.05) is 5.32 Å². The molecule has 2 aromatic carbocycles. The van der Waals surface area contributed by atoms with Gasteiger partial charge in [0.15, 0.2) is 11.6 Å². The minimum atomic E-state index is -0.531. The predicted molar refractivity (Wildman–Crippen MR) is 143 cm³/mol. The number of nitrogens with zero attached hydrogens (tertiary/aromatic N) is 4. The smallest absolute Gasteiger partial charge is 0.161 e. The number of halogens is 2. The number of imidazole rings is 1. The van der Waals surface area contributed by atoms with Gasteiger partial charge in [0.1, 0.15) is 17.2 Å². The standard InChI is InChI=1S/C29H21F2N7/c1-15(16-8-9-16)34-20-11-18(12-32-13-20)26-25(31)24-23(14-33-26)37-38-28(24)29-35-22-7-3-6-21(27(22)36-29)17-4-2-5-19(30)10-17/h2-7,10-14,16,34H,1,8-9H2,(H,35,36)(H,37,38). The molecule has 1 fully saturated rings. The second kappa shape index (κ2) is 8.58. The van der Waals surface area contributed by atoms with Crippen molar-refractivity contribution in [3.05, 3.63) is 91.0 Å². The maximum Gasteiger partial charge on any atom is 0.161 e. The van der Waals surface area contributed by atoms with Crippen LogP contribution in [0.3, 0.4) is 0 Å². The van der Waals surface area contributed by atoms with E-state index in [1.165, 1.54) is 12.1 Å². The van der Waals surface area contributed by atoms with Crippen molar-refractivity contribution in [3.63, 3.8) is 0 Å². The minimum Gasteiger partial charge on any atom is -0.358 e. The van der Waals surface area contributed by atoms with Gasteiger partial charge >= 0.3 is 0 Å². The molecule has 6 aromatic rings. The van der Waals surface area contributed by atoms with Crippen molar-refractivity contribution < 1.29 is 8.78 Å². The second-order valence-corrected chi connectivity index (χ2v) is 9.47. The molecule has 7 rings (SSSR count). The zero-order valence-corrected chi connectivity index (χ0v) is 20.1.